The molecule has 0 aromatic heterocycles. The Morgan fingerprint density at radius 3 is 2.53 bits per heavy atom. The summed E-state index contributed by atoms with van der Waals surface area (Å²) in [6.45, 7) is 6.14. The van der Waals surface area contributed by atoms with Gasteiger partial charge in [0.05, 0.1) is 12.7 Å². The SMILES string of the molecule is COc1cc(C)c(C)cc1C(=O)CC1CCNCC1. The van der Waals surface area contributed by atoms with Crippen LogP contribution < -0.4 is 10.1 Å². The fraction of sp³-hybridized carbons (Fsp3) is 0.562. The van der Waals surface area contributed by atoms with Gasteiger partial charge in [-0.15, -0.1) is 0 Å². The lowest BCUT2D eigenvalue weighted by molar-refractivity contribution is 0.0949. The molecule has 1 N–H and O–H groups in total. The molecule has 2 rings (SSSR count). The number of carbonyl (C=O) groups is 1. The van der Waals surface area contributed by atoms with E-state index >= 15 is 0 Å². The van der Waals surface area contributed by atoms with Crippen LogP contribution in [0.4, 0.5) is 0 Å². The van der Waals surface area contributed by atoms with Crippen molar-refractivity contribution in [1.82, 2.24) is 5.32 Å². The number of aryl methyl sites for hydroxylation is 2. The number of hydrogen-bond acceptors (Lipinski definition) is 3. The quantitative estimate of drug-likeness (QED) is 0.847. The number of Topliss-reactive ketones (excluding diaryl/α,β-unsaturated/α-hetero) is 1. The summed E-state index contributed by atoms with van der Waals surface area (Å²) in [6, 6.07) is 3.93. The van der Waals surface area contributed by atoms with Crippen LogP contribution in [0.1, 0.15) is 40.7 Å². The van der Waals surface area contributed by atoms with Crippen molar-refractivity contribution < 1.29 is 9.53 Å². The molecule has 1 fully saturated rings. The van der Waals surface area contributed by atoms with Gasteiger partial charge in [-0.1, -0.05) is 0 Å². The van der Waals surface area contributed by atoms with Crippen molar-refractivity contribution in [3.63, 3.8) is 0 Å². The maximum Gasteiger partial charge on any atom is 0.166 e. The molecule has 0 unspecified atom stereocenters. The lowest BCUT2D eigenvalue weighted by Gasteiger charge is -2.22. The first-order chi connectivity index (χ1) is 9.11. The third-order valence-corrected chi connectivity index (χ3v) is 4.05. The predicted molar refractivity (Wildman–Crippen MR) is 77.0 cm³/mol. The summed E-state index contributed by atoms with van der Waals surface area (Å²) in [6.07, 6.45) is 2.83. The molecule has 1 saturated heterocycles. The van der Waals surface area contributed by atoms with Gasteiger partial charge in [0.25, 0.3) is 0 Å². The molecule has 1 heterocycles. The largest absolute Gasteiger partial charge is 0.496 e. The van der Waals surface area contributed by atoms with Crippen molar-refractivity contribution in [3.05, 3.63) is 28.8 Å². The molecule has 0 bridgehead atoms. The van der Waals surface area contributed by atoms with E-state index in [4.69, 9.17) is 4.74 Å². The second-order valence-corrected chi connectivity index (χ2v) is 5.46. The highest BCUT2D eigenvalue weighted by atomic mass is 16.5. The summed E-state index contributed by atoms with van der Waals surface area (Å²) in [5.74, 6) is 1.44. The number of hydrogen-bond donors (Lipinski definition) is 1. The minimum Gasteiger partial charge on any atom is -0.496 e. The number of piperidine rings is 1. The molecule has 104 valence electrons. The van der Waals surface area contributed by atoms with Crippen molar-refractivity contribution in [2.75, 3.05) is 20.2 Å². The summed E-state index contributed by atoms with van der Waals surface area (Å²) >= 11 is 0. The highest BCUT2D eigenvalue weighted by Crippen LogP contribution is 2.27. The molecule has 19 heavy (non-hydrogen) atoms. The fourth-order valence-electron chi connectivity index (χ4n) is 2.63. The van der Waals surface area contributed by atoms with Crippen LogP contribution in [0, 0.1) is 19.8 Å². The maximum atomic E-state index is 12.5. The van der Waals surface area contributed by atoms with Crippen LogP contribution >= 0.6 is 0 Å². The molecule has 1 aromatic carbocycles. The monoisotopic (exact) mass is 261 g/mol. The number of carbonyl (C=O) groups excluding carboxylic acids is 1. The average molecular weight is 261 g/mol. The first-order valence-electron chi connectivity index (χ1n) is 7.01. The number of rotatable bonds is 4. The molecule has 0 amide bonds. The van der Waals surface area contributed by atoms with Crippen LogP contribution in [-0.4, -0.2) is 26.0 Å². The molecule has 0 atom stereocenters. The highest BCUT2D eigenvalue weighted by Gasteiger charge is 2.20. The van der Waals surface area contributed by atoms with E-state index in [1.165, 1.54) is 0 Å². The van der Waals surface area contributed by atoms with E-state index in [2.05, 4.69) is 5.32 Å². The predicted octanol–water partition coefficient (Wildman–Crippen LogP) is 2.88. The van der Waals surface area contributed by atoms with Crippen LogP contribution in [-0.2, 0) is 0 Å². The lowest BCUT2D eigenvalue weighted by atomic mass is 9.89. The first kappa shape index (κ1) is 14.1. The molecule has 1 aromatic rings. The van der Waals surface area contributed by atoms with Gasteiger partial charge in [-0.2, -0.15) is 0 Å². The number of ketones is 1. The van der Waals surface area contributed by atoms with Crippen molar-refractivity contribution >= 4 is 5.78 Å². The Hall–Kier alpha value is -1.35. The molecule has 0 spiro atoms. The molecule has 1 aliphatic rings. The molecular formula is C16H23NO2. The van der Waals surface area contributed by atoms with Crippen molar-refractivity contribution in [2.45, 2.75) is 33.1 Å². The van der Waals surface area contributed by atoms with Crippen LogP contribution in [0.25, 0.3) is 0 Å². The van der Waals surface area contributed by atoms with Crippen LogP contribution in [0.2, 0.25) is 0 Å². The third-order valence-electron chi connectivity index (χ3n) is 4.05. The first-order valence-corrected chi connectivity index (χ1v) is 7.01. The lowest BCUT2D eigenvalue weighted by Crippen LogP contribution is -2.29. The fourth-order valence-corrected chi connectivity index (χ4v) is 2.63. The second-order valence-electron chi connectivity index (χ2n) is 5.46. The molecule has 1 aliphatic heterocycles. The Labute approximate surface area is 115 Å². The van der Waals surface area contributed by atoms with Gasteiger partial charge in [0.2, 0.25) is 0 Å². The van der Waals surface area contributed by atoms with Crippen LogP contribution in [0.3, 0.4) is 0 Å². The summed E-state index contributed by atoms with van der Waals surface area (Å²) in [5.41, 5.74) is 3.05. The van der Waals surface area contributed by atoms with Gasteiger partial charge >= 0.3 is 0 Å². The highest BCUT2D eigenvalue weighted by molar-refractivity contribution is 5.99. The third kappa shape index (κ3) is 3.35. The van der Waals surface area contributed by atoms with Crippen molar-refractivity contribution in [1.29, 1.82) is 0 Å². The van der Waals surface area contributed by atoms with E-state index in [0.29, 0.717) is 18.1 Å². The van der Waals surface area contributed by atoms with Crippen LogP contribution in [0.5, 0.6) is 5.75 Å². The molecule has 0 radical (unpaired) electrons. The minimum atomic E-state index is 0.215. The number of methoxy groups -OCH3 is 1. The summed E-state index contributed by atoms with van der Waals surface area (Å²) < 4.78 is 5.36. The van der Waals surface area contributed by atoms with Gasteiger partial charge in [0.15, 0.2) is 5.78 Å². The maximum absolute atomic E-state index is 12.5. The molecular weight excluding hydrogens is 238 g/mol. The normalized spacial score (nSPS) is 16.4. The summed E-state index contributed by atoms with van der Waals surface area (Å²) in [5, 5.41) is 3.33. The van der Waals surface area contributed by atoms with Gasteiger partial charge in [-0.25, -0.2) is 0 Å². The number of benzene rings is 1. The van der Waals surface area contributed by atoms with Gasteiger partial charge in [-0.3, -0.25) is 4.79 Å². The van der Waals surface area contributed by atoms with Crippen molar-refractivity contribution in [2.24, 2.45) is 5.92 Å². The van der Waals surface area contributed by atoms with E-state index in [9.17, 15) is 4.79 Å². The second kappa shape index (κ2) is 6.20. The minimum absolute atomic E-state index is 0.215. The summed E-state index contributed by atoms with van der Waals surface area (Å²) in [7, 11) is 1.63. The Morgan fingerprint density at radius 2 is 1.89 bits per heavy atom. The zero-order chi connectivity index (χ0) is 13.8. The average Bonchev–Trinajstić information content (AvgIpc) is 2.42. The molecule has 3 heteroatoms. The molecule has 3 nitrogen and oxygen atoms in total. The number of ether oxygens (including phenoxy) is 1. The molecule has 0 saturated carbocycles. The van der Waals surface area contributed by atoms with E-state index in [1.807, 2.05) is 26.0 Å². The van der Waals surface area contributed by atoms with Gasteiger partial charge in [-0.05, 0) is 69.0 Å². The van der Waals surface area contributed by atoms with Crippen molar-refractivity contribution in [3.8, 4) is 5.75 Å². The van der Waals surface area contributed by atoms with Gasteiger partial charge in [0.1, 0.15) is 5.75 Å². The zero-order valence-corrected chi connectivity index (χ0v) is 12.1. The Kier molecular flexibility index (Phi) is 4.59. The van der Waals surface area contributed by atoms with E-state index in [-0.39, 0.29) is 5.78 Å². The van der Waals surface area contributed by atoms with Gasteiger partial charge in [0, 0.05) is 6.42 Å². The molecule has 0 aliphatic carbocycles. The zero-order valence-electron chi connectivity index (χ0n) is 12.1. The van der Waals surface area contributed by atoms with E-state index < -0.39 is 0 Å². The standard InChI is InChI=1S/C16H23NO2/c1-11-8-14(16(19-3)9-12(11)2)15(18)10-13-4-6-17-7-5-13/h8-9,13,17H,4-7,10H2,1-3H3. The smallest absolute Gasteiger partial charge is 0.166 e. The van der Waals surface area contributed by atoms with Crippen LogP contribution in [0.15, 0.2) is 12.1 Å². The summed E-state index contributed by atoms with van der Waals surface area (Å²) in [4.78, 5) is 12.5. The Balaban J connectivity index is 2.15. The van der Waals surface area contributed by atoms with E-state index in [1.54, 1.807) is 7.11 Å². The Morgan fingerprint density at radius 1 is 1.26 bits per heavy atom. The topological polar surface area (TPSA) is 38.3 Å². The number of nitrogens with one attached hydrogen (secondary N) is 1. The Bertz CT molecular complexity index is 462. The van der Waals surface area contributed by atoms with Gasteiger partial charge < -0.3 is 10.1 Å². The van der Waals surface area contributed by atoms with E-state index in [0.717, 1.165) is 42.6 Å².